The number of carbonyl (C=O) groups is 3. The smallest absolute Gasteiger partial charge is 0.425 e. The monoisotopic (exact) mass is 369 g/mol. The first-order valence-electron chi connectivity index (χ1n) is 8.99. The average molecular weight is 369 g/mol. The lowest BCUT2D eigenvalue weighted by Gasteiger charge is -2.39. The van der Waals surface area contributed by atoms with Crippen molar-refractivity contribution in [3.63, 3.8) is 0 Å². The first-order chi connectivity index (χ1) is 12.6. The molecule has 0 aromatic heterocycles. The summed E-state index contributed by atoms with van der Waals surface area (Å²) in [6.07, 6.45) is -0.622. The van der Waals surface area contributed by atoms with E-state index < -0.39 is 29.7 Å². The molecule has 3 heterocycles. The summed E-state index contributed by atoms with van der Waals surface area (Å²) in [5.74, 6) is -1.30. The Morgan fingerprint density at radius 2 is 1.81 bits per heavy atom. The molecule has 142 valence electrons. The molecule has 3 aliphatic heterocycles. The molecule has 1 aromatic carbocycles. The molecule has 2 saturated heterocycles. The molecule has 3 aliphatic rings. The van der Waals surface area contributed by atoms with Gasteiger partial charge in [0.05, 0.1) is 12.0 Å². The molecule has 0 spiro atoms. The van der Waals surface area contributed by atoms with Crippen LogP contribution in [0.3, 0.4) is 0 Å². The molecule has 27 heavy (non-hydrogen) atoms. The lowest BCUT2D eigenvalue weighted by Crippen LogP contribution is -2.52. The largest absolute Gasteiger partial charge is 0.443 e. The Labute approximate surface area is 158 Å². The molecule has 7 heteroatoms. The Bertz CT molecular complexity index is 872. The summed E-state index contributed by atoms with van der Waals surface area (Å²) in [4.78, 5) is 39.8. The zero-order valence-electron chi connectivity index (χ0n) is 15.9. The molecule has 1 aromatic rings. The van der Waals surface area contributed by atoms with Gasteiger partial charge in [-0.25, -0.2) is 14.8 Å². The molecule has 7 nitrogen and oxygen atoms in total. The van der Waals surface area contributed by atoms with Crippen LogP contribution >= 0.6 is 0 Å². The standard InChI is InChI=1S/C20H23N3O4/c1-11-10-22-15(13-9-7-6-8-12(11)13)14-16(18(25)21(5)17(14)24)23(22)19(26)27-20(2,3)4/h6-9,14-16H,1,10H2,2-5H3/t14-,15+,16+/m1/s1. The van der Waals surface area contributed by atoms with Crippen LogP contribution in [0.1, 0.15) is 37.9 Å². The molecule has 3 atom stereocenters. The number of hydrogen-bond acceptors (Lipinski definition) is 5. The molecule has 0 unspecified atom stereocenters. The second kappa shape index (κ2) is 5.66. The van der Waals surface area contributed by atoms with Crippen molar-refractivity contribution in [3.8, 4) is 0 Å². The van der Waals surface area contributed by atoms with Gasteiger partial charge in [-0.2, -0.15) is 0 Å². The van der Waals surface area contributed by atoms with Gasteiger partial charge in [0.2, 0.25) is 5.91 Å². The van der Waals surface area contributed by atoms with Crippen molar-refractivity contribution in [2.45, 2.75) is 38.5 Å². The van der Waals surface area contributed by atoms with Crippen LogP contribution in [0.2, 0.25) is 0 Å². The van der Waals surface area contributed by atoms with Gasteiger partial charge in [0, 0.05) is 13.6 Å². The first-order valence-corrected chi connectivity index (χ1v) is 8.99. The highest BCUT2D eigenvalue weighted by atomic mass is 16.6. The normalized spacial score (nSPS) is 27.6. The van der Waals surface area contributed by atoms with E-state index >= 15 is 0 Å². The van der Waals surface area contributed by atoms with Crippen molar-refractivity contribution in [2.75, 3.05) is 13.6 Å². The van der Waals surface area contributed by atoms with Crippen LogP contribution in [-0.2, 0) is 14.3 Å². The second-order valence-corrected chi connectivity index (χ2v) is 8.26. The molecular weight excluding hydrogens is 346 g/mol. The van der Waals surface area contributed by atoms with Crippen LogP contribution in [0, 0.1) is 5.92 Å². The molecule has 0 saturated carbocycles. The predicted octanol–water partition coefficient (Wildman–Crippen LogP) is 2.21. The van der Waals surface area contributed by atoms with E-state index in [-0.39, 0.29) is 11.8 Å². The first kappa shape index (κ1) is 17.7. The third-order valence-corrected chi connectivity index (χ3v) is 5.33. The molecule has 0 radical (unpaired) electrons. The number of rotatable bonds is 0. The minimum Gasteiger partial charge on any atom is -0.443 e. The summed E-state index contributed by atoms with van der Waals surface area (Å²) in [6.45, 7) is 9.81. The highest BCUT2D eigenvalue weighted by molar-refractivity contribution is 6.09. The zero-order chi connectivity index (χ0) is 19.7. The summed E-state index contributed by atoms with van der Waals surface area (Å²) >= 11 is 0. The van der Waals surface area contributed by atoms with Crippen molar-refractivity contribution >= 4 is 23.5 Å². The number of amides is 3. The molecular formula is C20H23N3O4. The number of fused-ring (bicyclic) bond motifs is 5. The minimum atomic E-state index is -0.888. The number of ether oxygens (including phenoxy) is 1. The van der Waals surface area contributed by atoms with Gasteiger partial charge in [-0.15, -0.1) is 0 Å². The van der Waals surface area contributed by atoms with E-state index in [1.54, 1.807) is 25.8 Å². The number of nitrogens with zero attached hydrogens (tertiary/aromatic N) is 3. The van der Waals surface area contributed by atoms with E-state index in [0.717, 1.165) is 21.6 Å². The van der Waals surface area contributed by atoms with Gasteiger partial charge < -0.3 is 4.74 Å². The van der Waals surface area contributed by atoms with Crippen LogP contribution in [0.25, 0.3) is 5.57 Å². The van der Waals surface area contributed by atoms with Crippen LogP contribution in [0.4, 0.5) is 4.79 Å². The van der Waals surface area contributed by atoms with Gasteiger partial charge in [0.1, 0.15) is 11.6 Å². The lowest BCUT2D eigenvalue weighted by molar-refractivity contribution is -0.143. The number of imide groups is 1. The third-order valence-electron chi connectivity index (χ3n) is 5.33. The van der Waals surface area contributed by atoms with Crippen LogP contribution in [0.15, 0.2) is 30.8 Å². The van der Waals surface area contributed by atoms with Gasteiger partial charge >= 0.3 is 6.09 Å². The fourth-order valence-corrected chi connectivity index (χ4v) is 4.28. The zero-order valence-corrected chi connectivity index (χ0v) is 15.9. The lowest BCUT2D eigenvalue weighted by atomic mass is 9.83. The van der Waals surface area contributed by atoms with E-state index in [2.05, 4.69) is 6.58 Å². The fourth-order valence-electron chi connectivity index (χ4n) is 4.28. The van der Waals surface area contributed by atoms with Crippen molar-refractivity contribution in [1.29, 1.82) is 0 Å². The molecule has 0 N–H and O–H groups in total. The Hall–Kier alpha value is -2.67. The molecule has 2 fully saturated rings. The SMILES string of the molecule is C=C1CN2[C@@H](c3ccccc31)[C@H]1C(=O)N(C)C(=O)[C@H]1N2C(=O)OC(C)(C)C. The Kier molecular flexibility index (Phi) is 3.72. The molecule has 0 aliphatic carbocycles. The number of likely N-dealkylation sites (N-methyl/N-ethyl adjacent to an activating group) is 1. The van der Waals surface area contributed by atoms with E-state index in [4.69, 9.17) is 4.74 Å². The fraction of sp³-hybridized carbons (Fsp3) is 0.450. The minimum absolute atomic E-state index is 0.270. The van der Waals surface area contributed by atoms with E-state index in [9.17, 15) is 14.4 Å². The van der Waals surface area contributed by atoms with Gasteiger partial charge in [-0.05, 0) is 37.5 Å². The molecule has 0 bridgehead atoms. The highest BCUT2D eigenvalue weighted by Gasteiger charge is 2.64. The molecule has 4 rings (SSSR count). The van der Waals surface area contributed by atoms with Crippen molar-refractivity contribution in [1.82, 2.24) is 14.9 Å². The summed E-state index contributed by atoms with van der Waals surface area (Å²) in [5.41, 5.74) is 2.00. The van der Waals surface area contributed by atoms with Gasteiger partial charge in [-0.1, -0.05) is 30.8 Å². The van der Waals surface area contributed by atoms with E-state index in [0.29, 0.717) is 6.54 Å². The Balaban J connectivity index is 1.85. The third kappa shape index (κ3) is 2.49. The predicted molar refractivity (Wildman–Crippen MR) is 98.1 cm³/mol. The highest BCUT2D eigenvalue weighted by Crippen LogP contribution is 2.50. The number of benzene rings is 1. The molecule has 3 amide bonds. The maximum Gasteiger partial charge on any atom is 0.425 e. The maximum absolute atomic E-state index is 13.0. The summed E-state index contributed by atoms with van der Waals surface area (Å²) < 4.78 is 5.55. The van der Waals surface area contributed by atoms with Crippen LogP contribution in [0.5, 0.6) is 0 Å². The summed E-state index contributed by atoms with van der Waals surface area (Å²) in [6, 6.07) is 6.43. The van der Waals surface area contributed by atoms with E-state index in [1.807, 2.05) is 24.3 Å². The summed E-state index contributed by atoms with van der Waals surface area (Å²) in [5, 5.41) is 3.11. The van der Waals surface area contributed by atoms with Gasteiger partial charge in [0.25, 0.3) is 5.91 Å². The van der Waals surface area contributed by atoms with Crippen molar-refractivity contribution < 1.29 is 19.1 Å². The van der Waals surface area contributed by atoms with Gasteiger partial charge in [0.15, 0.2) is 0 Å². The summed E-state index contributed by atoms with van der Waals surface area (Å²) in [7, 11) is 1.47. The number of likely N-dealkylation sites (tertiary alicyclic amines) is 1. The van der Waals surface area contributed by atoms with Crippen LogP contribution in [-0.4, -0.2) is 58.1 Å². The maximum atomic E-state index is 13.0. The second-order valence-electron chi connectivity index (χ2n) is 8.26. The van der Waals surface area contributed by atoms with Gasteiger partial charge in [-0.3, -0.25) is 14.5 Å². The van der Waals surface area contributed by atoms with Crippen molar-refractivity contribution in [2.24, 2.45) is 5.92 Å². The number of hydrogen-bond donors (Lipinski definition) is 0. The quantitative estimate of drug-likeness (QED) is 0.656. The van der Waals surface area contributed by atoms with E-state index in [1.165, 1.54) is 12.1 Å². The van der Waals surface area contributed by atoms with Crippen LogP contribution < -0.4 is 0 Å². The Morgan fingerprint density at radius 1 is 1.15 bits per heavy atom. The average Bonchev–Trinajstić information content (AvgIpc) is 3.03. The number of carbonyl (C=O) groups excluding carboxylic acids is 3. The number of hydrazine groups is 1. The Morgan fingerprint density at radius 3 is 2.48 bits per heavy atom. The topological polar surface area (TPSA) is 70.2 Å². The van der Waals surface area contributed by atoms with Crippen molar-refractivity contribution in [3.05, 3.63) is 42.0 Å².